The molecule has 1 aromatic heterocycles. The number of para-hydroxylation sites is 1. The van der Waals surface area contributed by atoms with Gasteiger partial charge >= 0.3 is 5.97 Å². The van der Waals surface area contributed by atoms with Crippen LogP contribution in [0.4, 0.5) is 0 Å². The highest BCUT2D eigenvalue weighted by atomic mass is 32.2. The molecule has 0 unspecified atom stereocenters. The second-order valence-corrected chi connectivity index (χ2v) is 7.36. The average Bonchev–Trinajstić information content (AvgIpc) is 3.17. The third kappa shape index (κ3) is 4.55. The van der Waals surface area contributed by atoms with Crippen molar-refractivity contribution in [1.82, 2.24) is 14.8 Å². The monoisotopic (exact) mass is 401 g/mol. The van der Waals surface area contributed by atoms with Crippen LogP contribution in [0.2, 0.25) is 0 Å². The number of hydrogen-bond donors (Lipinski definition) is 0. The standard InChI is InChI=1S/C23H19N3O2S/c1-17-9-8-14-20(15-17)28-21(27)16-29-23-25-24-22(18-10-4-2-5-11-18)26(23)19-12-6-3-7-13-19/h2-15H,16H2,1H3. The van der Waals surface area contributed by atoms with E-state index >= 15 is 0 Å². The van der Waals surface area contributed by atoms with Crippen LogP contribution in [0.3, 0.4) is 0 Å². The summed E-state index contributed by atoms with van der Waals surface area (Å²) < 4.78 is 7.40. The van der Waals surface area contributed by atoms with Crippen molar-refractivity contribution in [3.63, 3.8) is 0 Å². The van der Waals surface area contributed by atoms with Gasteiger partial charge in [-0.3, -0.25) is 9.36 Å². The van der Waals surface area contributed by atoms with Gasteiger partial charge in [-0.25, -0.2) is 0 Å². The van der Waals surface area contributed by atoms with Crippen LogP contribution in [-0.2, 0) is 4.79 Å². The Morgan fingerprint density at radius 1 is 0.931 bits per heavy atom. The van der Waals surface area contributed by atoms with E-state index in [1.165, 1.54) is 11.8 Å². The lowest BCUT2D eigenvalue weighted by molar-refractivity contribution is -0.131. The molecule has 0 N–H and O–H groups in total. The predicted octanol–water partition coefficient (Wildman–Crippen LogP) is 4.94. The molecule has 144 valence electrons. The minimum Gasteiger partial charge on any atom is -0.426 e. The molecule has 0 saturated carbocycles. The fraction of sp³-hybridized carbons (Fsp3) is 0.0870. The van der Waals surface area contributed by atoms with E-state index in [0.29, 0.717) is 10.9 Å². The van der Waals surface area contributed by atoms with Crippen molar-refractivity contribution in [3.8, 4) is 22.8 Å². The van der Waals surface area contributed by atoms with Gasteiger partial charge in [0.1, 0.15) is 5.75 Å². The number of hydrogen-bond acceptors (Lipinski definition) is 5. The van der Waals surface area contributed by atoms with E-state index in [0.717, 1.165) is 22.6 Å². The van der Waals surface area contributed by atoms with Crippen LogP contribution in [0.15, 0.2) is 90.1 Å². The molecule has 0 radical (unpaired) electrons. The smallest absolute Gasteiger partial charge is 0.321 e. The fourth-order valence-corrected chi connectivity index (χ4v) is 3.64. The molecule has 0 bridgehead atoms. The second-order valence-electron chi connectivity index (χ2n) is 6.42. The van der Waals surface area contributed by atoms with Gasteiger partial charge in [0.05, 0.1) is 5.75 Å². The molecule has 0 aliphatic rings. The largest absolute Gasteiger partial charge is 0.426 e. The molecule has 1 heterocycles. The average molecular weight is 401 g/mol. The van der Waals surface area contributed by atoms with Crippen molar-refractivity contribution in [2.75, 3.05) is 5.75 Å². The maximum Gasteiger partial charge on any atom is 0.321 e. The third-order valence-electron chi connectivity index (χ3n) is 4.22. The molecule has 5 nitrogen and oxygen atoms in total. The summed E-state index contributed by atoms with van der Waals surface area (Å²) in [7, 11) is 0. The van der Waals surface area contributed by atoms with Gasteiger partial charge in [0.15, 0.2) is 11.0 Å². The number of rotatable bonds is 6. The minimum atomic E-state index is -0.329. The number of carbonyl (C=O) groups is 1. The summed E-state index contributed by atoms with van der Waals surface area (Å²) in [6.07, 6.45) is 0. The van der Waals surface area contributed by atoms with E-state index in [4.69, 9.17) is 4.74 Å². The van der Waals surface area contributed by atoms with Crippen molar-refractivity contribution in [1.29, 1.82) is 0 Å². The summed E-state index contributed by atoms with van der Waals surface area (Å²) in [5, 5.41) is 9.34. The summed E-state index contributed by atoms with van der Waals surface area (Å²) in [5.41, 5.74) is 2.93. The Balaban J connectivity index is 1.57. The molecule has 4 rings (SSSR count). The molecule has 0 spiro atoms. The molecule has 0 saturated heterocycles. The lowest BCUT2D eigenvalue weighted by Crippen LogP contribution is -2.11. The fourth-order valence-electron chi connectivity index (χ4n) is 2.91. The Kier molecular flexibility index (Phi) is 5.72. The highest BCUT2D eigenvalue weighted by Gasteiger charge is 2.17. The summed E-state index contributed by atoms with van der Waals surface area (Å²) in [4.78, 5) is 12.3. The van der Waals surface area contributed by atoms with Crippen LogP contribution in [0.1, 0.15) is 5.56 Å². The maximum atomic E-state index is 12.3. The molecule has 0 atom stereocenters. The van der Waals surface area contributed by atoms with Crippen LogP contribution in [0, 0.1) is 6.92 Å². The topological polar surface area (TPSA) is 57.0 Å². The summed E-state index contributed by atoms with van der Waals surface area (Å²) in [6, 6.07) is 27.2. The molecule has 0 aliphatic carbocycles. The lowest BCUT2D eigenvalue weighted by atomic mass is 10.2. The first-order valence-corrected chi connectivity index (χ1v) is 10.2. The number of aromatic nitrogens is 3. The van der Waals surface area contributed by atoms with Gasteiger partial charge in [0.2, 0.25) is 0 Å². The number of nitrogens with zero attached hydrogens (tertiary/aromatic N) is 3. The predicted molar refractivity (Wildman–Crippen MR) is 114 cm³/mol. The van der Waals surface area contributed by atoms with E-state index in [2.05, 4.69) is 10.2 Å². The van der Waals surface area contributed by atoms with Gasteiger partial charge in [0.25, 0.3) is 0 Å². The van der Waals surface area contributed by atoms with Crippen LogP contribution in [-0.4, -0.2) is 26.5 Å². The molecule has 4 aromatic rings. The van der Waals surface area contributed by atoms with Crippen molar-refractivity contribution in [3.05, 3.63) is 90.5 Å². The number of esters is 1. The zero-order valence-corrected chi connectivity index (χ0v) is 16.7. The minimum absolute atomic E-state index is 0.133. The normalized spacial score (nSPS) is 10.7. The van der Waals surface area contributed by atoms with Gasteiger partial charge in [0, 0.05) is 11.3 Å². The van der Waals surface area contributed by atoms with E-state index in [-0.39, 0.29) is 11.7 Å². The summed E-state index contributed by atoms with van der Waals surface area (Å²) >= 11 is 1.30. The molecular formula is C23H19N3O2S. The number of carbonyl (C=O) groups excluding carboxylic acids is 1. The van der Waals surface area contributed by atoms with E-state index in [9.17, 15) is 4.79 Å². The maximum absolute atomic E-state index is 12.3. The van der Waals surface area contributed by atoms with Gasteiger partial charge in [-0.1, -0.05) is 72.4 Å². The highest BCUT2D eigenvalue weighted by Crippen LogP contribution is 2.28. The first-order chi connectivity index (χ1) is 14.2. The molecule has 3 aromatic carbocycles. The third-order valence-corrected chi connectivity index (χ3v) is 5.12. The molecule has 0 amide bonds. The van der Waals surface area contributed by atoms with Crippen molar-refractivity contribution < 1.29 is 9.53 Å². The highest BCUT2D eigenvalue weighted by molar-refractivity contribution is 7.99. The van der Waals surface area contributed by atoms with Crippen molar-refractivity contribution in [2.45, 2.75) is 12.1 Å². The van der Waals surface area contributed by atoms with E-state index in [1.807, 2.05) is 90.4 Å². The Morgan fingerprint density at radius 3 is 2.38 bits per heavy atom. The van der Waals surface area contributed by atoms with Crippen LogP contribution in [0.25, 0.3) is 17.1 Å². The molecule has 0 fully saturated rings. The second kappa shape index (κ2) is 8.75. The summed E-state index contributed by atoms with van der Waals surface area (Å²) in [6.45, 7) is 1.96. The Morgan fingerprint density at radius 2 is 1.66 bits per heavy atom. The van der Waals surface area contributed by atoms with Crippen LogP contribution >= 0.6 is 11.8 Å². The Labute approximate surface area is 173 Å². The number of thioether (sulfide) groups is 1. The van der Waals surface area contributed by atoms with Gasteiger partial charge < -0.3 is 4.74 Å². The summed E-state index contributed by atoms with van der Waals surface area (Å²) in [5.74, 6) is 1.08. The van der Waals surface area contributed by atoms with Gasteiger partial charge in [-0.15, -0.1) is 10.2 Å². The number of aryl methyl sites for hydroxylation is 1. The zero-order valence-electron chi connectivity index (χ0n) is 15.9. The van der Waals surface area contributed by atoms with E-state index < -0.39 is 0 Å². The Hall–Kier alpha value is -3.38. The first kappa shape index (κ1) is 19.0. The molecule has 29 heavy (non-hydrogen) atoms. The van der Waals surface area contributed by atoms with Gasteiger partial charge in [-0.05, 0) is 36.8 Å². The van der Waals surface area contributed by atoms with E-state index in [1.54, 1.807) is 6.07 Å². The quantitative estimate of drug-likeness (QED) is 0.260. The zero-order chi connectivity index (χ0) is 20.1. The molecule has 0 aliphatic heterocycles. The van der Waals surface area contributed by atoms with Crippen LogP contribution in [0.5, 0.6) is 5.75 Å². The lowest BCUT2D eigenvalue weighted by Gasteiger charge is -2.10. The molecular weight excluding hydrogens is 382 g/mol. The molecule has 6 heteroatoms. The Bertz CT molecular complexity index is 1110. The SMILES string of the molecule is Cc1cccc(OC(=O)CSc2nnc(-c3ccccc3)n2-c2ccccc2)c1. The first-order valence-electron chi connectivity index (χ1n) is 9.17. The van der Waals surface area contributed by atoms with Crippen molar-refractivity contribution in [2.24, 2.45) is 0 Å². The van der Waals surface area contributed by atoms with Crippen LogP contribution < -0.4 is 4.74 Å². The number of ether oxygens (including phenoxy) is 1. The van der Waals surface area contributed by atoms with Gasteiger partial charge in [-0.2, -0.15) is 0 Å². The van der Waals surface area contributed by atoms with Crippen molar-refractivity contribution >= 4 is 17.7 Å². The number of benzene rings is 3.